The third-order valence-corrected chi connectivity index (χ3v) is 7.71. The molecular weight excluding hydrogens is 448 g/mol. The normalized spacial score (nSPS) is 24.1. The van der Waals surface area contributed by atoms with E-state index < -0.39 is 29.5 Å². The summed E-state index contributed by atoms with van der Waals surface area (Å²) in [4.78, 5) is 29.9. The molecular formula is C24H21F2N3O3S. The number of nitrogens with zero attached hydrogens (tertiary/aromatic N) is 3. The Hall–Kier alpha value is -2.91. The highest BCUT2D eigenvalue weighted by molar-refractivity contribution is 7.04. The molecule has 0 aliphatic carbocycles. The summed E-state index contributed by atoms with van der Waals surface area (Å²) in [6.45, 7) is 0.814. The summed E-state index contributed by atoms with van der Waals surface area (Å²) < 4.78 is 38.1. The maximum atomic E-state index is 13.8. The third kappa shape index (κ3) is 3.33. The van der Waals surface area contributed by atoms with Gasteiger partial charge in [0.25, 0.3) is 11.8 Å². The predicted molar refractivity (Wildman–Crippen MR) is 118 cm³/mol. The smallest absolute Gasteiger partial charge is 0.257 e. The van der Waals surface area contributed by atoms with Gasteiger partial charge in [0.05, 0.1) is 11.6 Å². The fraction of sp³-hybridized carbons (Fsp3) is 0.375. The largest absolute Gasteiger partial charge is 0.342 e. The fourth-order valence-electron chi connectivity index (χ4n) is 5.40. The molecule has 0 N–H and O–H groups in total. The maximum absolute atomic E-state index is 13.8. The van der Waals surface area contributed by atoms with Crippen molar-refractivity contribution in [1.82, 2.24) is 14.2 Å². The summed E-state index contributed by atoms with van der Waals surface area (Å²) >= 11 is 1.35. The van der Waals surface area contributed by atoms with E-state index in [1.807, 2.05) is 17.5 Å². The van der Waals surface area contributed by atoms with E-state index in [0.29, 0.717) is 49.9 Å². The number of ether oxygens (including phenoxy) is 1. The summed E-state index contributed by atoms with van der Waals surface area (Å²) in [5, 5.41) is 2.85. The van der Waals surface area contributed by atoms with Crippen LogP contribution in [0.15, 0.2) is 41.8 Å². The van der Waals surface area contributed by atoms with Gasteiger partial charge in [0.2, 0.25) is 0 Å². The van der Waals surface area contributed by atoms with E-state index in [4.69, 9.17) is 4.74 Å². The number of likely N-dealkylation sites (tertiary alicyclic amines) is 1. The highest BCUT2D eigenvalue weighted by Crippen LogP contribution is 2.47. The summed E-state index contributed by atoms with van der Waals surface area (Å²) in [6.07, 6.45) is 1.62. The van der Waals surface area contributed by atoms with Crippen molar-refractivity contribution < 1.29 is 23.1 Å². The Balaban J connectivity index is 1.18. The number of aromatic nitrogens is 1. The van der Waals surface area contributed by atoms with Gasteiger partial charge in [-0.1, -0.05) is 0 Å². The van der Waals surface area contributed by atoms with Crippen molar-refractivity contribution in [2.24, 2.45) is 0 Å². The maximum Gasteiger partial charge on any atom is 0.257 e. The van der Waals surface area contributed by atoms with E-state index in [1.54, 1.807) is 15.9 Å². The molecule has 1 unspecified atom stereocenters. The zero-order valence-electron chi connectivity index (χ0n) is 17.7. The molecule has 6 rings (SSSR count). The minimum Gasteiger partial charge on any atom is -0.342 e. The molecule has 3 aliphatic heterocycles. The first-order valence-electron chi connectivity index (χ1n) is 11.0. The number of carbonyl (C=O) groups excluding carboxylic acids is 2. The summed E-state index contributed by atoms with van der Waals surface area (Å²) in [5.41, 5.74) is 0.946. The van der Waals surface area contributed by atoms with Crippen molar-refractivity contribution in [3.63, 3.8) is 0 Å². The van der Waals surface area contributed by atoms with Crippen LogP contribution in [0.3, 0.4) is 0 Å². The lowest BCUT2D eigenvalue weighted by Crippen LogP contribution is -2.51. The Morgan fingerprint density at radius 3 is 2.61 bits per heavy atom. The average molecular weight is 470 g/mol. The predicted octanol–water partition coefficient (Wildman–Crippen LogP) is 4.27. The van der Waals surface area contributed by atoms with Crippen LogP contribution in [-0.4, -0.2) is 50.9 Å². The lowest BCUT2D eigenvalue weighted by atomic mass is 9.89. The van der Waals surface area contributed by atoms with Crippen LogP contribution in [0.5, 0.6) is 0 Å². The van der Waals surface area contributed by atoms with Gasteiger partial charge in [-0.15, -0.1) is 0 Å². The number of fused-ring (bicyclic) bond motifs is 2. The molecule has 3 aliphatic rings. The van der Waals surface area contributed by atoms with Crippen LogP contribution in [0.4, 0.5) is 8.78 Å². The van der Waals surface area contributed by atoms with E-state index in [1.165, 1.54) is 23.7 Å². The summed E-state index contributed by atoms with van der Waals surface area (Å²) in [5.74, 6) is -1.52. The molecule has 2 atom stereocenters. The zero-order chi connectivity index (χ0) is 22.7. The molecule has 0 saturated carbocycles. The lowest BCUT2D eigenvalue weighted by molar-refractivity contribution is -0.142. The molecule has 2 amide bonds. The number of rotatable bonds is 2. The molecule has 3 aromatic rings. The van der Waals surface area contributed by atoms with Gasteiger partial charge >= 0.3 is 0 Å². The Morgan fingerprint density at radius 1 is 1.09 bits per heavy atom. The highest BCUT2D eigenvalue weighted by Gasteiger charge is 2.58. The van der Waals surface area contributed by atoms with Crippen LogP contribution in [0.1, 0.15) is 47.6 Å². The average Bonchev–Trinajstić information content (AvgIpc) is 3.49. The molecule has 9 heteroatoms. The third-order valence-electron chi connectivity index (χ3n) is 7.05. The molecule has 0 radical (unpaired) electrons. The van der Waals surface area contributed by atoms with Gasteiger partial charge in [0.15, 0.2) is 5.60 Å². The molecule has 33 heavy (non-hydrogen) atoms. The number of hydrogen-bond donors (Lipinski definition) is 0. The van der Waals surface area contributed by atoms with E-state index >= 15 is 0 Å². The Morgan fingerprint density at radius 2 is 1.85 bits per heavy atom. The van der Waals surface area contributed by atoms with Crippen LogP contribution in [0.2, 0.25) is 0 Å². The molecule has 170 valence electrons. The van der Waals surface area contributed by atoms with Gasteiger partial charge in [0.1, 0.15) is 17.9 Å². The summed E-state index contributed by atoms with van der Waals surface area (Å²) in [6, 6.07) is 8.48. The topological polar surface area (TPSA) is 62.7 Å². The second-order valence-corrected chi connectivity index (χ2v) is 9.58. The first-order chi connectivity index (χ1) is 15.9. The quantitative estimate of drug-likeness (QED) is 0.563. The molecule has 3 fully saturated rings. The lowest BCUT2D eigenvalue weighted by Gasteiger charge is -2.37. The van der Waals surface area contributed by atoms with Crippen molar-refractivity contribution in [3.8, 4) is 0 Å². The molecule has 1 spiro atoms. The molecule has 6 nitrogen and oxygen atoms in total. The second-order valence-electron chi connectivity index (χ2n) is 8.96. The van der Waals surface area contributed by atoms with E-state index in [0.717, 1.165) is 17.0 Å². The van der Waals surface area contributed by atoms with Gasteiger partial charge < -0.3 is 14.5 Å². The number of carbonyl (C=O) groups is 2. The van der Waals surface area contributed by atoms with Crippen LogP contribution in [0.25, 0.3) is 10.9 Å². The minimum atomic E-state index is -0.979. The number of halogens is 2. The number of amides is 2. The SMILES string of the molecule is O=C(c1ccc2nscc2c1)N1CCC2(CC1)OC1CC[C@@H](c3cc(F)cc(F)c3)N1C2=O. The summed E-state index contributed by atoms with van der Waals surface area (Å²) in [7, 11) is 0. The van der Waals surface area contributed by atoms with Gasteiger partial charge in [-0.25, -0.2) is 8.78 Å². The van der Waals surface area contributed by atoms with Gasteiger partial charge in [-0.3, -0.25) is 9.59 Å². The van der Waals surface area contributed by atoms with Crippen LogP contribution in [-0.2, 0) is 9.53 Å². The van der Waals surface area contributed by atoms with Crippen molar-refractivity contribution in [3.05, 3.63) is 64.5 Å². The second kappa shape index (κ2) is 7.56. The first kappa shape index (κ1) is 20.7. The molecule has 1 aromatic heterocycles. The van der Waals surface area contributed by atoms with Gasteiger partial charge in [-0.2, -0.15) is 4.37 Å². The number of piperidine rings is 1. The Labute approximate surface area is 192 Å². The van der Waals surface area contributed by atoms with Crippen molar-refractivity contribution >= 4 is 34.2 Å². The standard InChI is InChI=1S/C24H21F2N3O3S/c25-17-10-15(11-18(26)12-17)20-3-4-21-29(20)23(31)24(32-21)5-7-28(8-6-24)22(30)14-1-2-19-16(9-14)13-33-27-19/h1-2,9-13,20-21H,3-8H2/t20-,21?/m0/s1. The molecule has 2 aromatic carbocycles. The number of hydrogen-bond acceptors (Lipinski definition) is 5. The Kier molecular flexibility index (Phi) is 4.74. The van der Waals surface area contributed by atoms with Crippen molar-refractivity contribution in [2.45, 2.75) is 43.6 Å². The van der Waals surface area contributed by atoms with Gasteiger partial charge in [0, 0.05) is 48.3 Å². The molecule has 0 bridgehead atoms. The van der Waals surface area contributed by atoms with E-state index in [-0.39, 0.29) is 11.8 Å². The monoisotopic (exact) mass is 469 g/mol. The zero-order valence-corrected chi connectivity index (χ0v) is 18.5. The first-order valence-corrected chi connectivity index (χ1v) is 11.9. The van der Waals surface area contributed by atoms with Crippen molar-refractivity contribution in [2.75, 3.05) is 13.1 Å². The van der Waals surface area contributed by atoms with E-state index in [9.17, 15) is 18.4 Å². The van der Waals surface area contributed by atoms with Crippen LogP contribution >= 0.6 is 11.5 Å². The molecule has 4 heterocycles. The van der Waals surface area contributed by atoms with E-state index in [2.05, 4.69) is 4.37 Å². The highest BCUT2D eigenvalue weighted by atomic mass is 32.1. The minimum absolute atomic E-state index is 0.0722. The molecule has 3 saturated heterocycles. The van der Waals surface area contributed by atoms with Gasteiger partial charge in [-0.05, 0) is 60.3 Å². The van der Waals surface area contributed by atoms with Crippen LogP contribution in [0, 0.1) is 11.6 Å². The van der Waals surface area contributed by atoms with Crippen molar-refractivity contribution in [1.29, 1.82) is 0 Å². The van der Waals surface area contributed by atoms with Crippen LogP contribution < -0.4 is 0 Å². The Bertz CT molecular complexity index is 1250. The fourth-order valence-corrected chi connectivity index (χ4v) is 6.03. The number of benzene rings is 2.